The Morgan fingerprint density at radius 2 is 2.12 bits per heavy atom. The summed E-state index contributed by atoms with van der Waals surface area (Å²) in [7, 11) is -3.50. The molecule has 26 heavy (non-hydrogen) atoms. The average molecular weight is 383 g/mol. The summed E-state index contributed by atoms with van der Waals surface area (Å²) in [6.07, 6.45) is 4.67. The normalized spacial score (nSPS) is 18.0. The number of nitrogens with zero attached hydrogens (tertiary/aromatic N) is 1. The van der Waals surface area contributed by atoms with E-state index in [1.807, 2.05) is 13.0 Å². The van der Waals surface area contributed by atoms with E-state index in [0.29, 0.717) is 23.9 Å². The first-order chi connectivity index (χ1) is 12.3. The molecule has 1 aromatic rings. The van der Waals surface area contributed by atoms with Crippen LogP contribution < -0.4 is 14.4 Å². The van der Waals surface area contributed by atoms with Crippen molar-refractivity contribution in [2.45, 2.75) is 52.6 Å². The van der Waals surface area contributed by atoms with Gasteiger partial charge in [-0.25, -0.2) is 8.42 Å². The lowest BCUT2D eigenvalue weighted by Crippen LogP contribution is -2.51. The quantitative estimate of drug-likeness (QED) is 0.750. The van der Waals surface area contributed by atoms with Crippen molar-refractivity contribution in [2.24, 2.45) is 5.92 Å². The van der Waals surface area contributed by atoms with Crippen molar-refractivity contribution in [2.75, 3.05) is 23.7 Å². The molecule has 1 heterocycles. The van der Waals surface area contributed by atoms with Gasteiger partial charge in [-0.05, 0) is 37.0 Å². The predicted molar refractivity (Wildman–Crippen MR) is 104 cm³/mol. The maximum atomic E-state index is 12.6. The van der Waals surface area contributed by atoms with E-state index >= 15 is 0 Å². The standard InChI is InChI=1S/C19H30N2O4S/c1-5-7-8-15(6-2)12-20-19(22)18-13-21(26(4,23)24)16-11-14(3)9-10-17(16)25-18/h9-11,15,18H,5-8,12-13H2,1-4H3,(H,20,22)/t15-,18-/m0/s1. The Morgan fingerprint density at radius 1 is 1.38 bits per heavy atom. The molecule has 0 fully saturated rings. The summed E-state index contributed by atoms with van der Waals surface area (Å²) < 4.78 is 31.5. The highest BCUT2D eigenvalue weighted by Crippen LogP contribution is 2.35. The van der Waals surface area contributed by atoms with Crippen LogP contribution in [0.25, 0.3) is 0 Å². The van der Waals surface area contributed by atoms with E-state index in [1.54, 1.807) is 12.1 Å². The van der Waals surface area contributed by atoms with E-state index in [9.17, 15) is 13.2 Å². The van der Waals surface area contributed by atoms with E-state index in [-0.39, 0.29) is 12.5 Å². The second-order valence-corrected chi connectivity index (χ2v) is 8.94. The highest BCUT2D eigenvalue weighted by molar-refractivity contribution is 7.92. The number of hydrogen-bond acceptors (Lipinski definition) is 4. The van der Waals surface area contributed by atoms with Gasteiger partial charge < -0.3 is 10.1 Å². The Kier molecular flexibility index (Phi) is 6.92. The average Bonchev–Trinajstić information content (AvgIpc) is 2.59. The van der Waals surface area contributed by atoms with Gasteiger partial charge in [0.05, 0.1) is 18.5 Å². The SMILES string of the molecule is CCCC[C@H](CC)CNC(=O)[C@@H]1CN(S(C)(=O)=O)c2cc(C)ccc2O1. The summed E-state index contributed by atoms with van der Waals surface area (Å²) in [5, 5.41) is 2.94. The number of unbranched alkanes of at least 4 members (excludes halogenated alkanes) is 1. The van der Waals surface area contributed by atoms with Crippen LogP contribution >= 0.6 is 0 Å². The first kappa shape index (κ1) is 20.6. The molecule has 0 saturated heterocycles. The van der Waals surface area contributed by atoms with Gasteiger partial charge in [-0.2, -0.15) is 0 Å². The molecular weight excluding hydrogens is 352 g/mol. The van der Waals surface area contributed by atoms with Crippen LogP contribution in [0, 0.1) is 12.8 Å². The van der Waals surface area contributed by atoms with Crippen LogP contribution in [0.2, 0.25) is 0 Å². The lowest BCUT2D eigenvalue weighted by atomic mass is 9.99. The lowest BCUT2D eigenvalue weighted by molar-refractivity contribution is -0.127. The van der Waals surface area contributed by atoms with Crippen LogP contribution in [-0.2, 0) is 14.8 Å². The first-order valence-corrected chi connectivity index (χ1v) is 11.1. The molecule has 1 aliphatic rings. The number of amides is 1. The molecule has 2 atom stereocenters. The maximum absolute atomic E-state index is 12.6. The molecule has 0 radical (unpaired) electrons. The number of anilines is 1. The zero-order valence-electron chi connectivity index (χ0n) is 16.1. The fourth-order valence-corrected chi connectivity index (χ4v) is 4.02. The molecule has 0 bridgehead atoms. The topological polar surface area (TPSA) is 75.7 Å². The van der Waals surface area contributed by atoms with Crippen molar-refractivity contribution < 1.29 is 17.9 Å². The Morgan fingerprint density at radius 3 is 2.73 bits per heavy atom. The van der Waals surface area contributed by atoms with E-state index < -0.39 is 16.1 Å². The van der Waals surface area contributed by atoms with Crippen molar-refractivity contribution in [3.63, 3.8) is 0 Å². The molecule has 1 aromatic carbocycles. The minimum atomic E-state index is -3.50. The van der Waals surface area contributed by atoms with Gasteiger partial charge in [-0.15, -0.1) is 0 Å². The Hall–Kier alpha value is -1.76. The zero-order chi connectivity index (χ0) is 19.3. The van der Waals surface area contributed by atoms with Gasteiger partial charge in [0, 0.05) is 6.54 Å². The number of rotatable bonds is 8. The number of sulfonamides is 1. The summed E-state index contributed by atoms with van der Waals surface area (Å²) in [6, 6.07) is 5.33. The Bertz CT molecular complexity index is 733. The van der Waals surface area contributed by atoms with Crippen LogP contribution in [0.15, 0.2) is 18.2 Å². The molecule has 0 spiro atoms. The van der Waals surface area contributed by atoms with Crippen molar-refractivity contribution in [3.05, 3.63) is 23.8 Å². The van der Waals surface area contributed by atoms with E-state index in [2.05, 4.69) is 19.2 Å². The van der Waals surface area contributed by atoms with E-state index in [0.717, 1.165) is 37.5 Å². The van der Waals surface area contributed by atoms with Gasteiger partial charge in [0.25, 0.3) is 5.91 Å². The zero-order valence-corrected chi connectivity index (χ0v) is 16.9. The summed E-state index contributed by atoms with van der Waals surface area (Å²) >= 11 is 0. The summed E-state index contributed by atoms with van der Waals surface area (Å²) in [5.41, 5.74) is 1.43. The minimum Gasteiger partial charge on any atom is -0.476 e. The molecule has 7 heteroatoms. The number of fused-ring (bicyclic) bond motifs is 1. The predicted octanol–water partition coefficient (Wildman–Crippen LogP) is 2.85. The molecule has 0 aromatic heterocycles. The van der Waals surface area contributed by atoms with Crippen molar-refractivity contribution in [1.82, 2.24) is 5.32 Å². The van der Waals surface area contributed by atoms with E-state index in [4.69, 9.17) is 4.74 Å². The molecule has 1 amide bonds. The largest absolute Gasteiger partial charge is 0.476 e. The number of nitrogens with one attached hydrogen (secondary N) is 1. The fraction of sp³-hybridized carbons (Fsp3) is 0.632. The molecule has 0 aliphatic carbocycles. The maximum Gasteiger partial charge on any atom is 0.263 e. The van der Waals surface area contributed by atoms with Crippen LogP contribution in [0.5, 0.6) is 5.75 Å². The Balaban J connectivity index is 2.11. The lowest BCUT2D eigenvalue weighted by Gasteiger charge is -2.34. The number of benzene rings is 1. The fourth-order valence-electron chi connectivity index (χ4n) is 3.11. The van der Waals surface area contributed by atoms with Crippen molar-refractivity contribution >= 4 is 21.6 Å². The number of hydrogen-bond donors (Lipinski definition) is 1. The van der Waals surface area contributed by atoms with Gasteiger partial charge in [-0.3, -0.25) is 9.10 Å². The molecule has 2 rings (SSSR count). The number of ether oxygens (including phenoxy) is 1. The summed E-state index contributed by atoms with van der Waals surface area (Å²) in [4.78, 5) is 12.6. The van der Waals surface area contributed by atoms with E-state index in [1.165, 1.54) is 4.31 Å². The van der Waals surface area contributed by atoms with Crippen LogP contribution in [0.3, 0.4) is 0 Å². The molecule has 1 N–H and O–H groups in total. The highest BCUT2D eigenvalue weighted by Gasteiger charge is 2.35. The number of carbonyl (C=O) groups is 1. The van der Waals surface area contributed by atoms with Gasteiger partial charge in [0.1, 0.15) is 5.75 Å². The van der Waals surface area contributed by atoms with Crippen LogP contribution in [0.4, 0.5) is 5.69 Å². The summed E-state index contributed by atoms with van der Waals surface area (Å²) in [6.45, 7) is 6.75. The summed E-state index contributed by atoms with van der Waals surface area (Å²) in [5.74, 6) is 0.591. The van der Waals surface area contributed by atoms with Gasteiger partial charge in [0.2, 0.25) is 10.0 Å². The smallest absolute Gasteiger partial charge is 0.263 e. The number of aryl methyl sites for hydroxylation is 1. The molecule has 0 unspecified atom stereocenters. The first-order valence-electron chi connectivity index (χ1n) is 9.29. The molecule has 146 valence electrons. The second kappa shape index (κ2) is 8.75. The van der Waals surface area contributed by atoms with Crippen molar-refractivity contribution in [3.8, 4) is 5.75 Å². The Labute approximate surface area is 157 Å². The third kappa shape index (κ3) is 5.13. The van der Waals surface area contributed by atoms with Crippen LogP contribution in [0.1, 0.15) is 45.1 Å². The molecular formula is C19H30N2O4S. The van der Waals surface area contributed by atoms with Gasteiger partial charge in [-0.1, -0.05) is 39.2 Å². The second-order valence-electron chi connectivity index (χ2n) is 7.03. The number of carbonyl (C=O) groups excluding carboxylic acids is 1. The van der Waals surface area contributed by atoms with Crippen LogP contribution in [-0.4, -0.2) is 39.8 Å². The molecule has 0 saturated carbocycles. The third-order valence-corrected chi connectivity index (χ3v) is 5.93. The minimum absolute atomic E-state index is 0.00707. The highest BCUT2D eigenvalue weighted by atomic mass is 32.2. The van der Waals surface area contributed by atoms with Crippen molar-refractivity contribution in [1.29, 1.82) is 0 Å². The van der Waals surface area contributed by atoms with Gasteiger partial charge >= 0.3 is 0 Å². The third-order valence-electron chi connectivity index (χ3n) is 4.79. The molecule has 1 aliphatic heterocycles. The molecule has 6 nitrogen and oxygen atoms in total. The monoisotopic (exact) mass is 382 g/mol. The van der Waals surface area contributed by atoms with Gasteiger partial charge in [0.15, 0.2) is 6.10 Å².